The van der Waals surface area contributed by atoms with Crippen molar-refractivity contribution in [1.82, 2.24) is 5.32 Å². The van der Waals surface area contributed by atoms with Crippen molar-refractivity contribution in [3.8, 4) is 5.75 Å². The van der Waals surface area contributed by atoms with Crippen molar-refractivity contribution in [3.63, 3.8) is 0 Å². The summed E-state index contributed by atoms with van der Waals surface area (Å²) in [5.41, 5.74) is 1.20. The summed E-state index contributed by atoms with van der Waals surface area (Å²) in [4.78, 5) is 12.0. The van der Waals surface area contributed by atoms with Crippen LogP contribution in [0.25, 0.3) is 10.8 Å². The lowest BCUT2D eigenvalue weighted by Gasteiger charge is -2.12. The largest absolute Gasteiger partial charge is 0.378 e. The molecule has 176 valence electrons. The van der Waals surface area contributed by atoms with Crippen LogP contribution in [0.4, 0.5) is 0 Å². The van der Waals surface area contributed by atoms with Gasteiger partial charge in [0.25, 0.3) is 0 Å². The molecule has 7 nitrogen and oxygen atoms in total. The Balaban J connectivity index is 1.70. The van der Waals surface area contributed by atoms with Gasteiger partial charge in [0.2, 0.25) is 5.91 Å². The molecule has 4 rings (SSSR count). The van der Waals surface area contributed by atoms with E-state index in [0.717, 1.165) is 16.3 Å². The standard InChI is InChI=1S/C24H22ClN3O4S2/c1-14(2)22-23(29)27-24(33-22)28-26-13-19-18-7-5-4-6-16(18)9-11-21(19)32-34(30,31)17-10-8-15(3)20(25)12-17/h4-14,22H,1-3H3,(H,27,28,29). The van der Waals surface area contributed by atoms with Crippen molar-refractivity contribution >= 4 is 61.5 Å². The van der Waals surface area contributed by atoms with Crippen LogP contribution in [0.3, 0.4) is 0 Å². The summed E-state index contributed by atoms with van der Waals surface area (Å²) in [7, 11) is -4.15. The monoisotopic (exact) mass is 515 g/mol. The Morgan fingerprint density at radius 3 is 2.62 bits per heavy atom. The predicted molar refractivity (Wildman–Crippen MR) is 137 cm³/mol. The zero-order chi connectivity index (χ0) is 24.5. The van der Waals surface area contributed by atoms with E-state index in [1.807, 2.05) is 38.1 Å². The first kappa shape index (κ1) is 24.3. The van der Waals surface area contributed by atoms with Gasteiger partial charge in [0, 0.05) is 10.6 Å². The zero-order valence-electron chi connectivity index (χ0n) is 18.7. The molecule has 1 atom stereocenters. The van der Waals surface area contributed by atoms with Gasteiger partial charge in [-0.3, -0.25) is 4.79 Å². The SMILES string of the molecule is Cc1ccc(S(=O)(=O)Oc2ccc3ccccc3c2C=NN=C2NC(=O)C(C(C)C)S2)cc1Cl. The summed E-state index contributed by atoms with van der Waals surface area (Å²) in [6.45, 7) is 5.71. The van der Waals surface area contributed by atoms with E-state index < -0.39 is 10.1 Å². The van der Waals surface area contributed by atoms with Crippen LogP contribution in [0.15, 0.2) is 69.7 Å². The van der Waals surface area contributed by atoms with Gasteiger partial charge < -0.3 is 9.50 Å². The summed E-state index contributed by atoms with van der Waals surface area (Å²) in [5.74, 6) is 0.147. The van der Waals surface area contributed by atoms with Crippen molar-refractivity contribution in [2.24, 2.45) is 16.1 Å². The molecule has 1 heterocycles. The molecule has 34 heavy (non-hydrogen) atoms. The number of fused-ring (bicyclic) bond motifs is 1. The average Bonchev–Trinajstić information content (AvgIpc) is 3.17. The maximum absolute atomic E-state index is 13.0. The van der Waals surface area contributed by atoms with Crippen molar-refractivity contribution in [1.29, 1.82) is 0 Å². The number of aryl methyl sites for hydroxylation is 1. The number of carbonyl (C=O) groups excluding carboxylic acids is 1. The number of thioether (sulfide) groups is 1. The van der Waals surface area contributed by atoms with Crippen molar-refractivity contribution in [2.45, 2.75) is 30.9 Å². The van der Waals surface area contributed by atoms with E-state index in [4.69, 9.17) is 15.8 Å². The smallest absolute Gasteiger partial charge is 0.339 e. The first-order chi connectivity index (χ1) is 16.2. The van der Waals surface area contributed by atoms with Crippen LogP contribution < -0.4 is 9.50 Å². The number of nitrogens with zero attached hydrogens (tertiary/aromatic N) is 2. The summed E-state index contributed by atoms with van der Waals surface area (Å²) in [6, 6.07) is 15.2. The molecule has 1 unspecified atom stereocenters. The molecule has 10 heteroatoms. The fraction of sp³-hybridized carbons (Fsp3) is 0.208. The average molecular weight is 516 g/mol. The van der Waals surface area contributed by atoms with Gasteiger partial charge in [-0.15, -0.1) is 5.10 Å². The molecule has 1 saturated heterocycles. The Kier molecular flexibility index (Phi) is 6.97. The summed E-state index contributed by atoms with van der Waals surface area (Å²) in [5, 5.41) is 13.1. The third kappa shape index (κ3) is 5.11. The molecule has 0 spiro atoms. The summed E-state index contributed by atoms with van der Waals surface area (Å²) < 4.78 is 31.4. The first-order valence-corrected chi connectivity index (χ1v) is 13.1. The van der Waals surface area contributed by atoms with Crippen LogP contribution in [-0.4, -0.2) is 31.0 Å². The Bertz CT molecular complexity index is 1440. The van der Waals surface area contributed by atoms with Crippen LogP contribution in [0.2, 0.25) is 5.02 Å². The number of amidine groups is 1. The number of halogens is 1. The van der Waals surface area contributed by atoms with Crippen LogP contribution in [-0.2, 0) is 14.9 Å². The second-order valence-electron chi connectivity index (χ2n) is 8.07. The lowest BCUT2D eigenvalue weighted by Crippen LogP contribution is -2.27. The molecule has 1 aliphatic heterocycles. The molecule has 1 amide bonds. The molecule has 0 bridgehead atoms. The molecular weight excluding hydrogens is 494 g/mol. The Morgan fingerprint density at radius 2 is 1.91 bits per heavy atom. The maximum Gasteiger partial charge on any atom is 0.339 e. The van der Waals surface area contributed by atoms with Gasteiger partial charge in [-0.25, -0.2) is 0 Å². The third-order valence-electron chi connectivity index (χ3n) is 5.23. The van der Waals surface area contributed by atoms with E-state index in [2.05, 4.69) is 15.5 Å². The third-order valence-corrected chi connectivity index (χ3v) is 8.29. The van der Waals surface area contributed by atoms with Gasteiger partial charge in [-0.2, -0.15) is 13.5 Å². The summed E-state index contributed by atoms with van der Waals surface area (Å²) >= 11 is 7.43. The number of rotatable bonds is 6. The molecule has 1 N–H and O–H groups in total. The minimum absolute atomic E-state index is 0.0517. The maximum atomic E-state index is 13.0. The van der Waals surface area contributed by atoms with Gasteiger partial charge in [0.1, 0.15) is 4.90 Å². The fourth-order valence-electron chi connectivity index (χ4n) is 3.38. The van der Waals surface area contributed by atoms with E-state index in [1.165, 1.54) is 30.1 Å². The second kappa shape index (κ2) is 9.77. The van der Waals surface area contributed by atoms with E-state index in [-0.39, 0.29) is 27.7 Å². The van der Waals surface area contributed by atoms with E-state index in [0.29, 0.717) is 15.8 Å². The fourth-order valence-corrected chi connectivity index (χ4v) is 5.54. The highest BCUT2D eigenvalue weighted by molar-refractivity contribution is 8.15. The van der Waals surface area contributed by atoms with Crippen molar-refractivity contribution in [3.05, 3.63) is 70.7 Å². The normalized spacial score (nSPS) is 17.7. The van der Waals surface area contributed by atoms with Crippen LogP contribution in [0.1, 0.15) is 25.0 Å². The number of nitrogens with one attached hydrogen (secondary N) is 1. The van der Waals surface area contributed by atoms with Gasteiger partial charge in [-0.05, 0) is 47.4 Å². The van der Waals surface area contributed by atoms with Crippen molar-refractivity contribution < 1.29 is 17.4 Å². The molecule has 0 aliphatic carbocycles. The number of amides is 1. The highest BCUT2D eigenvalue weighted by Gasteiger charge is 2.32. The number of hydrogen-bond donors (Lipinski definition) is 1. The molecule has 0 saturated carbocycles. The highest BCUT2D eigenvalue weighted by atomic mass is 35.5. The van der Waals surface area contributed by atoms with E-state index >= 15 is 0 Å². The Hall–Kier alpha value is -2.88. The first-order valence-electron chi connectivity index (χ1n) is 10.5. The van der Waals surface area contributed by atoms with Gasteiger partial charge in [0.05, 0.1) is 11.5 Å². The quantitative estimate of drug-likeness (QED) is 0.278. The Morgan fingerprint density at radius 1 is 1.15 bits per heavy atom. The van der Waals surface area contributed by atoms with Gasteiger partial charge in [-0.1, -0.05) is 73.6 Å². The van der Waals surface area contributed by atoms with Gasteiger partial charge >= 0.3 is 10.1 Å². The minimum Gasteiger partial charge on any atom is -0.378 e. The highest BCUT2D eigenvalue weighted by Crippen LogP contribution is 2.30. The Labute approximate surface area is 207 Å². The number of benzene rings is 3. The van der Waals surface area contributed by atoms with Crippen molar-refractivity contribution in [2.75, 3.05) is 0 Å². The topological polar surface area (TPSA) is 97.2 Å². The van der Waals surface area contributed by atoms with E-state index in [1.54, 1.807) is 25.1 Å². The van der Waals surface area contributed by atoms with Crippen LogP contribution in [0, 0.1) is 12.8 Å². The molecule has 0 aromatic heterocycles. The molecule has 3 aromatic rings. The molecular formula is C24H22ClN3O4S2. The van der Waals surface area contributed by atoms with Gasteiger partial charge in [0.15, 0.2) is 10.9 Å². The van der Waals surface area contributed by atoms with Crippen LogP contribution in [0.5, 0.6) is 5.75 Å². The second-order valence-corrected chi connectivity index (χ2v) is 11.2. The molecule has 1 fully saturated rings. The predicted octanol–water partition coefficient (Wildman–Crippen LogP) is 5.15. The lowest BCUT2D eigenvalue weighted by molar-refractivity contribution is -0.119. The number of carbonyl (C=O) groups is 1. The zero-order valence-corrected chi connectivity index (χ0v) is 21.0. The van der Waals surface area contributed by atoms with Crippen LogP contribution >= 0.6 is 23.4 Å². The molecule has 0 radical (unpaired) electrons. The molecule has 1 aliphatic rings. The summed E-state index contributed by atoms with van der Waals surface area (Å²) in [6.07, 6.45) is 1.43. The van der Waals surface area contributed by atoms with E-state index in [9.17, 15) is 13.2 Å². The molecule has 3 aromatic carbocycles. The lowest BCUT2D eigenvalue weighted by atomic mass is 10.0. The minimum atomic E-state index is -4.15. The number of hydrogen-bond acceptors (Lipinski definition) is 7.